The molecule has 0 heterocycles. The third-order valence-corrected chi connectivity index (χ3v) is 9.59. The minimum atomic E-state index is -0.404. The molecule has 1 N–H and O–H groups in total. The first-order valence-corrected chi connectivity index (χ1v) is 19.0. The molecule has 0 aliphatic carbocycles. The summed E-state index contributed by atoms with van der Waals surface area (Å²) in [7, 11) is 0. The van der Waals surface area contributed by atoms with Gasteiger partial charge in [0.25, 0.3) is 0 Å². The van der Waals surface area contributed by atoms with Crippen molar-refractivity contribution in [2.45, 2.75) is 135 Å². The molecule has 3 nitrogen and oxygen atoms in total. The fourth-order valence-electron chi connectivity index (χ4n) is 6.70. The minimum absolute atomic E-state index is 0.00109. The van der Waals surface area contributed by atoms with Crippen LogP contribution in [0.15, 0.2) is 115 Å². The summed E-state index contributed by atoms with van der Waals surface area (Å²) >= 11 is 0. The van der Waals surface area contributed by atoms with Crippen molar-refractivity contribution in [3.63, 3.8) is 0 Å². The van der Waals surface area contributed by atoms with Crippen LogP contribution in [-0.4, -0.2) is 22.2 Å². The SMILES string of the molecule is CCCCCCCCCCCCCCCC(O)C(Cc1ccc(OCc2ccccc2)cc1)N(Cc1ccccc1)Cc1ccccc1. The van der Waals surface area contributed by atoms with E-state index in [-0.39, 0.29) is 6.04 Å². The highest BCUT2D eigenvalue weighted by atomic mass is 16.5. The summed E-state index contributed by atoms with van der Waals surface area (Å²) in [5.41, 5.74) is 4.94. The smallest absolute Gasteiger partial charge is 0.119 e. The van der Waals surface area contributed by atoms with Crippen LogP contribution in [0.1, 0.15) is 119 Å². The highest BCUT2D eigenvalue weighted by molar-refractivity contribution is 5.29. The Bertz CT molecular complexity index is 1280. The van der Waals surface area contributed by atoms with Gasteiger partial charge in [0, 0.05) is 19.1 Å². The molecule has 0 spiro atoms. The second kappa shape index (κ2) is 23.0. The molecule has 0 aliphatic rings. The summed E-state index contributed by atoms with van der Waals surface area (Å²) in [4.78, 5) is 2.50. The summed E-state index contributed by atoms with van der Waals surface area (Å²) in [5, 5.41) is 11.9. The lowest BCUT2D eigenvalue weighted by Gasteiger charge is -2.35. The Labute approximate surface area is 292 Å². The summed E-state index contributed by atoms with van der Waals surface area (Å²) in [6.07, 6.45) is 18.6. The first kappa shape index (κ1) is 37.4. The van der Waals surface area contributed by atoms with Crippen molar-refractivity contribution in [1.82, 2.24) is 4.90 Å². The van der Waals surface area contributed by atoms with Gasteiger partial charge in [0.2, 0.25) is 0 Å². The minimum Gasteiger partial charge on any atom is -0.489 e. The van der Waals surface area contributed by atoms with Crippen LogP contribution in [0, 0.1) is 0 Å². The van der Waals surface area contributed by atoms with Crippen molar-refractivity contribution in [2.24, 2.45) is 0 Å². The van der Waals surface area contributed by atoms with E-state index < -0.39 is 6.10 Å². The Morgan fingerprint density at radius 2 is 0.938 bits per heavy atom. The van der Waals surface area contributed by atoms with E-state index in [0.717, 1.165) is 43.7 Å². The number of hydrogen-bond acceptors (Lipinski definition) is 3. The molecule has 0 aliphatic heterocycles. The van der Waals surface area contributed by atoms with Gasteiger partial charge in [-0.3, -0.25) is 4.90 Å². The van der Waals surface area contributed by atoms with Crippen molar-refractivity contribution in [2.75, 3.05) is 0 Å². The fourth-order valence-corrected chi connectivity index (χ4v) is 6.70. The number of aliphatic hydroxyl groups is 1. The molecule has 0 fully saturated rings. The van der Waals surface area contributed by atoms with Gasteiger partial charge in [0.1, 0.15) is 12.4 Å². The van der Waals surface area contributed by atoms with E-state index in [0.29, 0.717) is 6.61 Å². The maximum Gasteiger partial charge on any atom is 0.119 e. The number of aliphatic hydroxyl groups excluding tert-OH is 1. The second-order valence-corrected chi connectivity index (χ2v) is 13.7. The topological polar surface area (TPSA) is 32.7 Å². The molecule has 4 rings (SSSR count). The molecular formula is C45H61NO2. The van der Waals surface area contributed by atoms with Crippen molar-refractivity contribution in [3.05, 3.63) is 138 Å². The first-order valence-electron chi connectivity index (χ1n) is 19.0. The molecule has 3 heteroatoms. The third kappa shape index (κ3) is 14.8. The Balaban J connectivity index is 1.34. The van der Waals surface area contributed by atoms with Gasteiger partial charge in [-0.2, -0.15) is 0 Å². The molecule has 0 bridgehead atoms. The average Bonchev–Trinajstić information content (AvgIpc) is 3.13. The monoisotopic (exact) mass is 647 g/mol. The lowest BCUT2D eigenvalue weighted by Crippen LogP contribution is -2.44. The Morgan fingerprint density at radius 1 is 0.500 bits per heavy atom. The number of rotatable bonds is 25. The van der Waals surface area contributed by atoms with Crippen LogP contribution in [0.5, 0.6) is 5.75 Å². The molecule has 0 amide bonds. The van der Waals surface area contributed by atoms with Gasteiger partial charge in [-0.25, -0.2) is 0 Å². The predicted octanol–water partition coefficient (Wildman–Crippen LogP) is 11.7. The number of hydrogen-bond donors (Lipinski definition) is 1. The van der Waals surface area contributed by atoms with E-state index in [1.807, 2.05) is 18.2 Å². The van der Waals surface area contributed by atoms with Crippen LogP contribution in [0.4, 0.5) is 0 Å². The van der Waals surface area contributed by atoms with E-state index in [9.17, 15) is 5.11 Å². The molecular weight excluding hydrogens is 587 g/mol. The molecule has 2 unspecified atom stereocenters. The van der Waals surface area contributed by atoms with Crippen molar-refractivity contribution in [1.29, 1.82) is 0 Å². The van der Waals surface area contributed by atoms with Crippen LogP contribution >= 0.6 is 0 Å². The maximum absolute atomic E-state index is 11.9. The summed E-state index contributed by atoms with van der Waals surface area (Å²) in [6.45, 7) is 4.45. The average molecular weight is 648 g/mol. The van der Waals surface area contributed by atoms with Gasteiger partial charge in [-0.15, -0.1) is 0 Å². The Hall–Kier alpha value is -3.40. The maximum atomic E-state index is 11.9. The second-order valence-electron chi connectivity index (χ2n) is 13.7. The zero-order chi connectivity index (χ0) is 33.5. The Kier molecular flexibility index (Phi) is 18.0. The molecule has 4 aromatic rings. The number of benzene rings is 4. The highest BCUT2D eigenvalue weighted by Crippen LogP contribution is 2.24. The normalized spacial score (nSPS) is 12.6. The van der Waals surface area contributed by atoms with Crippen molar-refractivity contribution >= 4 is 0 Å². The standard InChI is InChI=1S/C45H61NO2/c1-2-3-4-5-6-7-8-9-10-11-12-13-23-30-45(47)44(35-39-31-33-43(34-32-39)48-38-42-28-21-16-22-29-42)46(36-40-24-17-14-18-25-40)37-41-26-19-15-20-27-41/h14-22,24-29,31-34,44-45,47H,2-13,23,30,35-38H2,1H3. The fraction of sp³-hybridized carbons (Fsp3) is 0.467. The lowest BCUT2D eigenvalue weighted by molar-refractivity contribution is 0.0325. The van der Waals surface area contributed by atoms with Crippen LogP contribution in [0.3, 0.4) is 0 Å². The van der Waals surface area contributed by atoms with Crippen molar-refractivity contribution in [3.8, 4) is 5.75 Å². The van der Waals surface area contributed by atoms with Gasteiger partial charge < -0.3 is 9.84 Å². The molecule has 0 saturated carbocycles. The molecule has 4 aromatic carbocycles. The van der Waals surface area contributed by atoms with Gasteiger partial charge in [-0.1, -0.05) is 194 Å². The van der Waals surface area contributed by atoms with Gasteiger partial charge in [-0.05, 0) is 47.2 Å². The summed E-state index contributed by atoms with van der Waals surface area (Å²) in [6, 6.07) is 40.2. The highest BCUT2D eigenvalue weighted by Gasteiger charge is 2.27. The van der Waals surface area contributed by atoms with E-state index in [1.54, 1.807) is 0 Å². The van der Waals surface area contributed by atoms with Crippen LogP contribution < -0.4 is 4.74 Å². The summed E-state index contributed by atoms with van der Waals surface area (Å²) < 4.78 is 6.08. The van der Waals surface area contributed by atoms with Crippen molar-refractivity contribution < 1.29 is 9.84 Å². The van der Waals surface area contributed by atoms with Gasteiger partial charge in [0.15, 0.2) is 0 Å². The Morgan fingerprint density at radius 3 is 1.42 bits per heavy atom. The zero-order valence-electron chi connectivity index (χ0n) is 29.7. The molecule has 0 aromatic heterocycles. The number of ether oxygens (including phenoxy) is 1. The van der Waals surface area contributed by atoms with E-state index >= 15 is 0 Å². The van der Waals surface area contributed by atoms with Gasteiger partial charge >= 0.3 is 0 Å². The quantitative estimate of drug-likeness (QED) is 0.0727. The van der Waals surface area contributed by atoms with E-state index in [2.05, 4.69) is 109 Å². The summed E-state index contributed by atoms with van der Waals surface area (Å²) in [5.74, 6) is 0.872. The first-order chi connectivity index (χ1) is 23.7. The number of nitrogens with zero attached hydrogens (tertiary/aromatic N) is 1. The lowest BCUT2D eigenvalue weighted by atomic mass is 9.94. The van der Waals surface area contributed by atoms with Gasteiger partial charge in [0.05, 0.1) is 6.10 Å². The molecule has 48 heavy (non-hydrogen) atoms. The largest absolute Gasteiger partial charge is 0.489 e. The predicted molar refractivity (Wildman–Crippen MR) is 203 cm³/mol. The molecule has 0 radical (unpaired) electrons. The molecule has 0 saturated heterocycles. The third-order valence-electron chi connectivity index (χ3n) is 9.59. The van der Waals surface area contributed by atoms with Crippen LogP contribution in [0.2, 0.25) is 0 Å². The van der Waals surface area contributed by atoms with Crippen LogP contribution in [-0.2, 0) is 26.1 Å². The number of unbranched alkanes of at least 4 members (excludes halogenated alkanes) is 12. The molecule has 258 valence electrons. The van der Waals surface area contributed by atoms with E-state index in [4.69, 9.17) is 4.74 Å². The zero-order valence-corrected chi connectivity index (χ0v) is 29.7. The molecule has 2 atom stereocenters. The van der Waals surface area contributed by atoms with E-state index in [1.165, 1.54) is 93.7 Å². The van der Waals surface area contributed by atoms with Crippen LogP contribution in [0.25, 0.3) is 0 Å².